The molecule has 2 heterocycles. The van der Waals surface area contributed by atoms with Gasteiger partial charge < -0.3 is 15.5 Å². The first-order chi connectivity index (χ1) is 15.0. The Morgan fingerprint density at radius 3 is 2.55 bits per heavy atom. The Morgan fingerprint density at radius 2 is 1.84 bits per heavy atom. The number of benzene rings is 2. The minimum atomic E-state index is -0.183. The molecule has 0 bridgehead atoms. The van der Waals surface area contributed by atoms with Crippen molar-refractivity contribution in [3.05, 3.63) is 78.0 Å². The van der Waals surface area contributed by atoms with Gasteiger partial charge in [-0.05, 0) is 44.4 Å². The zero-order valence-electron chi connectivity index (χ0n) is 18.5. The summed E-state index contributed by atoms with van der Waals surface area (Å²) >= 11 is 0. The number of nitrogens with one attached hydrogen (secondary N) is 2. The van der Waals surface area contributed by atoms with Crippen molar-refractivity contribution in [2.75, 3.05) is 30.4 Å². The van der Waals surface area contributed by atoms with E-state index in [-0.39, 0.29) is 17.5 Å². The first-order valence-corrected chi connectivity index (χ1v) is 10.9. The highest BCUT2D eigenvalue weighted by molar-refractivity contribution is 5.98. The maximum atomic E-state index is 12.9. The van der Waals surface area contributed by atoms with Crippen LogP contribution in [0.4, 0.5) is 11.5 Å². The second-order valence-electron chi connectivity index (χ2n) is 8.81. The molecule has 0 fully saturated rings. The van der Waals surface area contributed by atoms with Crippen LogP contribution in [0, 0.1) is 0 Å². The molecule has 1 aliphatic heterocycles. The van der Waals surface area contributed by atoms with E-state index in [1.54, 1.807) is 6.20 Å². The van der Waals surface area contributed by atoms with Gasteiger partial charge in [-0.2, -0.15) is 5.10 Å². The predicted molar refractivity (Wildman–Crippen MR) is 126 cm³/mol. The molecule has 6 heteroatoms. The van der Waals surface area contributed by atoms with Crippen LogP contribution >= 0.6 is 0 Å². The first-order valence-electron chi connectivity index (χ1n) is 10.9. The number of anilines is 2. The third-order valence-corrected chi connectivity index (χ3v) is 5.96. The number of rotatable bonds is 7. The van der Waals surface area contributed by atoms with Gasteiger partial charge in [0.25, 0.3) is 5.91 Å². The predicted octanol–water partition coefficient (Wildman–Crippen LogP) is 4.43. The molecule has 0 saturated carbocycles. The van der Waals surface area contributed by atoms with Gasteiger partial charge in [-0.15, -0.1) is 0 Å². The van der Waals surface area contributed by atoms with Crippen molar-refractivity contribution >= 4 is 17.4 Å². The summed E-state index contributed by atoms with van der Waals surface area (Å²) in [6.45, 7) is 5.83. The molecule has 2 aromatic carbocycles. The van der Waals surface area contributed by atoms with E-state index in [4.69, 9.17) is 0 Å². The van der Waals surface area contributed by atoms with E-state index in [2.05, 4.69) is 77.9 Å². The summed E-state index contributed by atoms with van der Waals surface area (Å²) in [5.74, 6) is 0.713. The average molecular weight is 418 g/mol. The van der Waals surface area contributed by atoms with E-state index in [9.17, 15) is 4.79 Å². The third kappa shape index (κ3) is 4.58. The SMILES string of the molecule is CN(CCCNC(=O)c1cnn2c1NC(c1ccccc1)CC2(C)C)c1ccccc1. The molecule has 2 N–H and O–H groups in total. The molecule has 4 rings (SSSR count). The molecule has 1 aliphatic rings. The fourth-order valence-corrected chi connectivity index (χ4v) is 4.23. The molecular weight excluding hydrogens is 386 g/mol. The summed E-state index contributed by atoms with van der Waals surface area (Å²) in [4.78, 5) is 15.1. The second-order valence-corrected chi connectivity index (χ2v) is 8.81. The van der Waals surface area contributed by atoms with Gasteiger partial charge in [0.15, 0.2) is 0 Å². The monoisotopic (exact) mass is 417 g/mol. The Morgan fingerprint density at radius 1 is 1.16 bits per heavy atom. The summed E-state index contributed by atoms with van der Waals surface area (Å²) in [5.41, 5.74) is 2.82. The molecule has 0 aliphatic carbocycles. The quantitative estimate of drug-likeness (QED) is 0.558. The molecule has 31 heavy (non-hydrogen) atoms. The van der Waals surface area contributed by atoms with E-state index in [1.807, 2.05) is 28.9 Å². The fraction of sp³-hybridized carbons (Fsp3) is 0.360. The lowest BCUT2D eigenvalue weighted by atomic mass is 9.89. The van der Waals surface area contributed by atoms with Crippen molar-refractivity contribution in [2.24, 2.45) is 0 Å². The van der Waals surface area contributed by atoms with E-state index in [0.29, 0.717) is 12.1 Å². The molecule has 162 valence electrons. The Balaban J connectivity index is 1.39. The van der Waals surface area contributed by atoms with Crippen LogP contribution in [-0.4, -0.2) is 35.8 Å². The van der Waals surface area contributed by atoms with Crippen LogP contribution in [-0.2, 0) is 5.54 Å². The smallest absolute Gasteiger partial charge is 0.256 e. The van der Waals surface area contributed by atoms with Crippen molar-refractivity contribution in [2.45, 2.75) is 38.3 Å². The number of para-hydroxylation sites is 1. The number of nitrogens with zero attached hydrogens (tertiary/aromatic N) is 3. The zero-order valence-corrected chi connectivity index (χ0v) is 18.5. The van der Waals surface area contributed by atoms with E-state index < -0.39 is 0 Å². The molecule has 1 amide bonds. The van der Waals surface area contributed by atoms with Crippen LogP contribution in [0.2, 0.25) is 0 Å². The minimum Gasteiger partial charge on any atom is -0.375 e. The number of hydrogen-bond donors (Lipinski definition) is 2. The minimum absolute atomic E-state index is 0.0828. The molecule has 0 spiro atoms. The van der Waals surface area contributed by atoms with Crippen molar-refractivity contribution in [3.63, 3.8) is 0 Å². The second kappa shape index (κ2) is 8.84. The molecule has 1 aromatic heterocycles. The highest BCUT2D eigenvalue weighted by Crippen LogP contribution is 2.39. The van der Waals surface area contributed by atoms with Crippen molar-refractivity contribution < 1.29 is 4.79 Å². The topological polar surface area (TPSA) is 62.2 Å². The van der Waals surface area contributed by atoms with Crippen LogP contribution in [0.3, 0.4) is 0 Å². The van der Waals surface area contributed by atoms with Crippen LogP contribution in [0.5, 0.6) is 0 Å². The van der Waals surface area contributed by atoms with Crippen molar-refractivity contribution in [3.8, 4) is 0 Å². The lowest BCUT2D eigenvalue weighted by molar-refractivity contribution is 0.0953. The number of amides is 1. The number of carbonyl (C=O) groups excluding carboxylic acids is 1. The maximum Gasteiger partial charge on any atom is 0.256 e. The van der Waals surface area contributed by atoms with Gasteiger partial charge in [-0.25, -0.2) is 4.68 Å². The first kappa shape index (κ1) is 21.0. The summed E-state index contributed by atoms with van der Waals surface area (Å²) in [6, 6.07) is 20.8. The van der Waals surface area contributed by atoms with Crippen LogP contribution in [0.1, 0.15) is 48.7 Å². The molecule has 3 aromatic rings. The normalized spacial score (nSPS) is 16.8. The molecule has 6 nitrogen and oxygen atoms in total. The van der Waals surface area contributed by atoms with E-state index in [0.717, 1.165) is 25.2 Å². The number of aromatic nitrogens is 2. The van der Waals surface area contributed by atoms with Crippen LogP contribution < -0.4 is 15.5 Å². The number of carbonyl (C=O) groups is 1. The van der Waals surface area contributed by atoms with E-state index >= 15 is 0 Å². The van der Waals surface area contributed by atoms with Gasteiger partial charge in [-0.3, -0.25) is 4.79 Å². The van der Waals surface area contributed by atoms with Gasteiger partial charge in [0, 0.05) is 25.8 Å². The lowest BCUT2D eigenvalue weighted by Crippen LogP contribution is -2.38. The highest BCUT2D eigenvalue weighted by Gasteiger charge is 2.36. The third-order valence-electron chi connectivity index (χ3n) is 5.96. The maximum absolute atomic E-state index is 12.9. The Hall–Kier alpha value is -3.28. The molecule has 0 radical (unpaired) electrons. The van der Waals surface area contributed by atoms with Crippen LogP contribution in [0.25, 0.3) is 0 Å². The Kier molecular flexibility index (Phi) is 5.98. The molecule has 1 atom stereocenters. The zero-order chi connectivity index (χ0) is 21.8. The highest BCUT2D eigenvalue weighted by atomic mass is 16.1. The van der Waals surface area contributed by atoms with Gasteiger partial charge in [0.2, 0.25) is 0 Å². The van der Waals surface area contributed by atoms with Crippen molar-refractivity contribution in [1.29, 1.82) is 0 Å². The molecule has 1 unspecified atom stereocenters. The summed E-state index contributed by atoms with van der Waals surface area (Å²) in [6.07, 6.45) is 3.45. The summed E-state index contributed by atoms with van der Waals surface area (Å²) < 4.78 is 1.95. The Bertz CT molecular complexity index is 1010. The van der Waals surface area contributed by atoms with Gasteiger partial charge in [0.1, 0.15) is 11.4 Å². The van der Waals surface area contributed by atoms with E-state index in [1.165, 1.54) is 11.3 Å². The molecular formula is C25H31N5O. The standard InChI is InChI=1S/C25H31N5O/c1-25(2)17-22(19-11-6-4-7-12-19)28-23-21(18-27-30(23)25)24(31)26-15-10-16-29(3)20-13-8-5-9-14-20/h4-9,11-14,18,22,28H,10,15-17H2,1-3H3,(H,26,31). The lowest BCUT2D eigenvalue weighted by Gasteiger charge is -2.38. The van der Waals surface area contributed by atoms with Crippen molar-refractivity contribution in [1.82, 2.24) is 15.1 Å². The Labute approximate surface area is 184 Å². The van der Waals surface area contributed by atoms with Gasteiger partial charge in [-0.1, -0.05) is 48.5 Å². The summed E-state index contributed by atoms with van der Waals surface area (Å²) in [5, 5.41) is 11.2. The largest absolute Gasteiger partial charge is 0.375 e. The van der Waals surface area contributed by atoms with Crippen LogP contribution in [0.15, 0.2) is 66.9 Å². The van der Waals surface area contributed by atoms with Gasteiger partial charge in [0.05, 0.1) is 17.8 Å². The van der Waals surface area contributed by atoms with Gasteiger partial charge >= 0.3 is 0 Å². The fourth-order valence-electron chi connectivity index (χ4n) is 4.23. The molecule has 0 saturated heterocycles. The number of fused-ring (bicyclic) bond motifs is 1. The summed E-state index contributed by atoms with van der Waals surface area (Å²) in [7, 11) is 2.07. The number of hydrogen-bond acceptors (Lipinski definition) is 4. The average Bonchev–Trinajstić information content (AvgIpc) is 3.22.